The number of hydrogen-bond acceptors (Lipinski definition) is 2. The third-order valence-corrected chi connectivity index (χ3v) is 3.17. The molecule has 94 valence electrons. The van der Waals surface area contributed by atoms with Gasteiger partial charge in [-0.3, -0.25) is 0 Å². The Labute approximate surface area is 116 Å². The zero-order valence-corrected chi connectivity index (χ0v) is 10.9. The number of rotatable bonds is 2. The van der Waals surface area contributed by atoms with Crippen molar-refractivity contribution in [2.75, 3.05) is 5.73 Å². The molecule has 0 aliphatic heterocycles. The Kier molecular flexibility index (Phi) is 2.97. The van der Waals surface area contributed by atoms with Gasteiger partial charge in [-0.2, -0.15) is 5.10 Å². The number of aromatic nitrogens is 2. The van der Waals surface area contributed by atoms with E-state index < -0.39 is 0 Å². The lowest BCUT2D eigenvalue weighted by molar-refractivity contribution is 0.890. The summed E-state index contributed by atoms with van der Waals surface area (Å²) in [5, 5.41) is 4.97. The summed E-state index contributed by atoms with van der Waals surface area (Å²) < 4.78 is 1.82. The van der Waals surface area contributed by atoms with Gasteiger partial charge in [0.2, 0.25) is 0 Å². The molecule has 0 bridgehead atoms. The van der Waals surface area contributed by atoms with E-state index in [1.165, 1.54) is 0 Å². The van der Waals surface area contributed by atoms with Gasteiger partial charge < -0.3 is 5.73 Å². The topological polar surface area (TPSA) is 43.8 Å². The first kappa shape index (κ1) is 11.8. The summed E-state index contributed by atoms with van der Waals surface area (Å²) in [4.78, 5) is 0. The standard InChI is InChI=1S/C15H12ClN3/c16-12-6-7-15(13(17)10-12)19-14(8-9-18-19)11-4-2-1-3-5-11/h1-10H,17H2. The minimum Gasteiger partial charge on any atom is -0.397 e. The average molecular weight is 270 g/mol. The Hall–Kier alpha value is -2.26. The van der Waals surface area contributed by atoms with E-state index in [1.807, 2.05) is 53.2 Å². The molecule has 3 rings (SSSR count). The van der Waals surface area contributed by atoms with Crippen LogP contribution in [0.2, 0.25) is 5.02 Å². The predicted octanol–water partition coefficient (Wildman–Crippen LogP) is 3.77. The molecule has 0 saturated heterocycles. The molecule has 0 aliphatic carbocycles. The normalized spacial score (nSPS) is 10.6. The minimum atomic E-state index is 0.605. The largest absolute Gasteiger partial charge is 0.397 e. The van der Waals surface area contributed by atoms with Gasteiger partial charge in [0.25, 0.3) is 0 Å². The smallest absolute Gasteiger partial charge is 0.0883 e. The lowest BCUT2D eigenvalue weighted by Gasteiger charge is -2.10. The van der Waals surface area contributed by atoms with Gasteiger partial charge in [-0.15, -0.1) is 0 Å². The van der Waals surface area contributed by atoms with Crippen molar-refractivity contribution in [2.24, 2.45) is 0 Å². The number of nitrogens with zero attached hydrogens (tertiary/aromatic N) is 2. The predicted molar refractivity (Wildman–Crippen MR) is 78.4 cm³/mol. The number of benzene rings is 2. The summed E-state index contributed by atoms with van der Waals surface area (Å²) in [6, 6.07) is 17.4. The van der Waals surface area contributed by atoms with Crippen molar-refractivity contribution in [3.8, 4) is 16.9 Å². The number of hydrogen-bond donors (Lipinski definition) is 1. The van der Waals surface area contributed by atoms with Crippen molar-refractivity contribution in [2.45, 2.75) is 0 Å². The maximum absolute atomic E-state index is 6.01. The zero-order chi connectivity index (χ0) is 13.2. The Bertz CT molecular complexity index is 704. The van der Waals surface area contributed by atoms with Gasteiger partial charge in [0, 0.05) is 10.6 Å². The molecule has 0 aliphatic rings. The highest BCUT2D eigenvalue weighted by Crippen LogP contribution is 2.26. The van der Waals surface area contributed by atoms with Crippen LogP contribution >= 0.6 is 11.6 Å². The van der Waals surface area contributed by atoms with Crippen LogP contribution in [0.25, 0.3) is 16.9 Å². The van der Waals surface area contributed by atoms with E-state index in [9.17, 15) is 0 Å². The van der Waals surface area contributed by atoms with Gasteiger partial charge >= 0.3 is 0 Å². The Morgan fingerprint density at radius 2 is 1.79 bits per heavy atom. The van der Waals surface area contributed by atoms with E-state index >= 15 is 0 Å². The van der Waals surface area contributed by atoms with Gasteiger partial charge in [0.05, 0.1) is 23.3 Å². The fraction of sp³-hybridized carbons (Fsp3) is 0. The van der Waals surface area contributed by atoms with Crippen LogP contribution in [0.4, 0.5) is 5.69 Å². The summed E-state index contributed by atoms with van der Waals surface area (Å²) in [5.41, 5.74) is 9.53. The van der Waals surface area contributed by atoms with Crippen molar-refractivity contribution in [3.63, 3.8) is 0 Å². The van der Waals surface area contributed by atoms with Crippen molar-refractivity contribution in [3.05, 3.63) is 65.8 Å². The molecule has 19 heavy (non-hydrogen) atoms. The van der Waals surface area contributed by atoms with E-state index in [0.29, 0.717) is 10.7 Å². The number of halogens is 1. The Morgan fingerprint density at radius 3 is 2.53 bits per heavy atom. The van der Waals surface area contributed by atoms with Crippen LogP contribution in [0.5, 0.6) is 0 Å². The van der Waals surface area contributed by atoms with Crippen LogP contribution in [0.3, 0.4) is 0 Å². The monoisotopic (exact) mass is 269 g/mol. The molecule has 2 aromatic carbocycles. The number of anilines is 1. The van der Waals surface area contributed by atoms with E-state index in [0.717, 1.165) is 16.9 Å². The number of nitrogens with two attached hydrogens (primary N) is 1. The lowest BCUT2D eigenvalue weighted by Crippen LogP contribution is -2.02. The summed E-state index contributed by atoms with van der Waals surface area (Å²) in [5.74, 6) is 0. The number of nitrogen functional groups attached to an aromatic ring is 1. The molecule has 3 aromatic rings. The van der Waals surface area contributed by atoms with Gasteiger partial charge in [-0.05, 0) is 24.3 Å². The van der Waals surface area contributed by atoms with Crippen molar-refractivity contribution >= 4 is 17.3 Å². The van der Waals surface area contributed by atoms with Crippen LogP contribution in [0.15, 0.2) is 60.8 Å². The molecule has 0 amide bonds. The molecule has 0 fully saturated rings. The highest BCUT2D eigenvalue weighted by Gasteiger charge is 2.09. The maximum Gasteiger partial charge on any atom is 0.0883 e. The van der Waals surface area contributed by atoms with Crippen molar-refractivity contribution in [1.29, 1.82) is 0 Å². The third-order valence-electron chi connectivity index (χ3n) is 2.93. The van der Waals surface area contributed by atoms with Gasteiger partial charge in [-0.1, -0.05) is 41.9 Å². The molecule has 3 nitrogen and oxygen atoms in total. The first-order valence-electron chi connectivity index (χ1n) is 5.90. The molecule has 0 atom stereocenters. The minimum absolute atomic E-state index is 0.605. The zero-order valence-electron chi connectivity index (χ0n) is 10.1. The third kappa shape index (κ3) is 2.20. The second-order valence-electron chi connectivity index (χ2n) is 4.20. The molecule has 0 saturated carbocycles. The lowest BCUT2D eigenvalue weighted by atomic mass is 10.1. The summed E-state index contributed by atoms with van der Waals surface area (Å²) in [6.45, 7) is 0. The van der Waals surface area contributed by atoms with E-state index in [-0.39, 0.29) is 0 Å². The fourth-order valence-electron chi connectivity index (χ4n) is 2.04. The summed E-state index contributed by atoms with van der Waals surface area (Å²) in [6.07, 6.45) is 1.76. The van der Waals surface area contributed by atoms with Crippen LogP contribution in [-0.2, 0) is 0 Å². The molecular formula is C15H12ClN3. The quantitative estimate of drug-likeness (QED) is 0.720. The first-order valence-corrected chi connectivity index (χ1v) is 6.28. The average Bonchev–Trinajstić information content (AvgIpc) is 2.89. The van der Waals surface area contributed by atoms with Crippen LogP contribution in [-0.4, -0.2) is 9.78 Å². The molecule has 0 spiro atoms. The van der Waals surface area contributed by atoms with Gasteiger partial charge in [0.1, 0.15) is 0 Å². The molecular weight excluding hydrogens is 258 g/mol. The summed E-state index contributed by atoms with van der Waals surface area (Å²) >= 11 is 5.93. The van der Waals surface area contributed by atoms with Crippen LogP contribution in [0, 0.1) is 0 Å². The Balaban J connectivity index is 2.15. The molecule has 4 heteroatoms. The second-order valence-corrected chi connectivity index (χ2v) is 4.63. The maximum atomic E-state index is 6.01. The van der Waals surface area contributed by atoms with Gasteiger partial charge in [-0.25, -0.2) is 4.68 Å². The molecule has 1 heterocycles. The molecule has 0 unspecified atom stereocenters. The molecule has 2 N–H and O–H groups in total. The van der Waals surface area contributed by atoms with E-state index in [2.05, 4.69) is 5.10 Å². The van der Waals surface area contributed by atoms with Crippen molar-refractivity contribution < 1.29 is 0 Å². The van der Waals surface area contributed by atoms with Crippen molar-refractivity contribution in [1.82, 2.24) is 9.78 Å². The summed E-state index contributed by atoms with van der Waals surface area (Å²) in [7, 11) is 0. The van der Waals surface area contributed by atoms with E-state index in [4.69, 9.17) is 17.3 Å². The highest BCUT2D eigenvalue weighted by atomic mass is 35.5. The van der Waals surface area contributed by atoms with Crippen LogP contribution < -0.4 is 5.73 Å². The fourth-order valence-corrected chi connectivity index (χ4v) is 2.22. The van der Waals surface area contributed by atoms with E-state index in [1.54, 1.807) is 12.3 Å². The van der Waals surface area contributed by atoms with Crippen LogP contribution in [0.1, 0.15) is 0 Å². The molecule has 1 aromatic heterocycles. The molecule has 0 radical (unpaired) electrons. The van der Waals surface area contributed by atoms with Gasteiger partial charge in [0.15, 0.2) is 0 Å². The second kappa shape index (κ2) is 4.78. The SMILES string of the molecule is Nc1cc(Cl)ccc1-n1nccc1-c1ccccc1. The first-order chi connectivity index (χ1) is 9.25. The highest BCUT2D eigenvalue weighted by molar-refractivity contribution is 6.30. The Morgan fingerprint density at radius 1 is 1.00 bits per heavy atom.